The lowest BCUT2D eigenvalue weighted by molar-refractivity contribution is -0.133. The predicted octanol–water partition coefficient (Wildman–Crippen LogP) is 0.400. The fourth-order valence-electron chi connectivity index (χ4n) is 2.39. The number of aliphatic hydroxyl groups excluding tert-OH is 1. The van der Waals surface area contributed by atoms with E-state index in [2.05, 4.69) is 17.2 Å². The Morgan fingerprint density at radius 1 is 1.58 bits per heavy atom. The largest absolute Gasteiger partial charge is 0.396 e. The maximum absolute atomic E-state index is 12.4. The molecular formula is C14H21N3O2. The minimum atomic E-state index is -0.272. The summed E-state index contributed by atoms with van der Waals surface area (Å²) >= 11 is 0. The van der Waals surface area contributed by atoms with E-state index in [0.717, 1.165) is 18.7 Å². The van der Waals surface area contributed by atoms with Gasteiger partial charge in [-0.3, -0.25) is 9.78 Å². The molecule has 1 aliphatic rings. The van der Waals surface area contributed by atoms with Crippen molar-refractivity contribution >= 4 is 5.91 Å². The molecule has 0 bridgehead atoms. The van der Waals surface area contributed by atoms with Crippen LogP contribution in [0.15, 0.2) is 24.5 Å². The lowest BCUT2D eigenvalue weighted by Gasteiger charge is -2.25. The van der Waals surface area contributed by atoms with Gasteiger partial charge in [0.15, 0.2) is 0 Å². The van der Waals surface area contributed by atoms with Gasteiger partial charge in [-0.1, -0.05) is 13.0 Å². The van der Waals surface area contributed by atoms with Crippen LogP contribution < -0.4 is 5.32 Å². The number of hydrogen-bond donors (Lipinski definition) is 2. The Bertz CT molecular complexity index is 410. The van der Waals surface area contributed by atoms with Crippen molar-refractivity contribution in [1.29, 1.82) is 0 Å². The Morgan fingerprint density at radius 3 is 3.11 bits per heavy atom. The number of aliphatic hydroxyl groups is 1. The summed E-state index contributed by atoms with van der Waals surface area (Å²) in [5.41, 5.74) is 1.03. The van der Waals surface area contributed by atoms with E-state index in [4.69, 9.17) is 5.11 Å². The molecule has 1 amide bonds. The minimum absolute atomic E-state index is 0.0263. The van der Waals surface area contributed by atoms with Crippen LogP contribution in [0.5, 0.6) is 0 Å². The number of carbonyl (C=O) groups is 1. The maximum atomic E-state index is 12.4. The van der Waals surface area contributed by atoms with Crippen LogP contribution in [0.4, 0.5) is 0 Å². The van der Waals surface area contributed by atoms with Crippen molar-refractivity contribution in [3.8, 4) is 0 Å². The van der Waals surface area contributed by atoms with Gasteiger partial charge in [0.1, 0.15) is 0 Å². The third kappa shape index (κ3) is 3.75. The van der Waals surface area contributed by atoms with E-state index in [1.54, 1.807) is 12.4 Å². The van der Waals surface area contributed by atoms with Crippen molar-refractivity contribution in [3.63, 3.8) is 0 Å². The molecule has 0 saturated carbocycles. The Morgan fingerprint density at radius 2 is 2.42 bits per heavy atom. The number of rotatable bonds is 4. The standard InChI is InChI=1S/C14H21N3O2/c1-11-7-16-13(4-6-18)14(19)17(9-11)10-12-3-2-5-15-8-12/h2-3,5,8,11,13,16,18H,4,6-7,9-10H2,1H3. The van der Waals surface area contributed by atoms with Gasteiger partial charge in [0.2, 0.25) is 5.91 Å². The highest BCUT2D eigenvalue weighted by molar-refractivity contribution is 5.82. The Balaban J connectivity index is 2.09. The van der Waals surface area contributed by atoms with Gasteiger partial charge in [0.05, 0.1) is 6.04 Å². The highest BCUT2D eigenvalue weighted by Gasteiger charge is 2.28. The van der Waals surface area contributed by atoms with Gasteiger partial charge in [-0.25, -0.2) is 0 Å². The molecule has 2 rings (SSSR count). The molecule has 2 atom stereocenters. The van der Waals surface area contributed by atoms with Gasteiger partial charge in [-0.15, -0.1) is 0 Å². The molecule has 1 aromatic rings. The van der Waals surface area contributed by atoms with Crippen molar-refractivity contribution in [2.45, 2.75) is 25.9 Å². The number of carbonyl (C=O) groups excluding carboxylic acids is 1. The second-order valence-corrected chi connectivity index (χ2v) is 5.16. The predicted molar refractivity (Wildman–Crippen MR) is 72.3 cm³/mol. The van der Waals surface area contributed by atoms with E-state index in [1.807, 2.05) is 17.0 Å². The SMILES string of the molecule is CC1CNC(CCO)C(=O)N(Cc2cccnc2)C1. The summed E-state index contributed by atoms with van der Waals surface area (Å²) in [6.07, 6.45) is 3.99. The first kappa shape index (κ1) is 14.0. The third-order valence-electron chi connectivity index (χ3n) is 3.37. The molecular weight excluding hydrogens is 242 g/mol. The summed E-state index contributed by atoms with van der Waals surface area (Å²) in [5, 5.41) is 12.3. The van der Waals surface area contributed by atoms with Crippen LogP contribution >= 0.6 is 0 Å². The summed E-state index contributed by atoms with van der Waals surface area (Å²) < 4.78 is 0. The van der Waals surface area contributed by atoms with Crippen molar-refractivity contribution in [2.24, 2.45) is 5.92 Å². The average Bonchev–Trinajstić information content (AvgIpc) is 2.54. The van der Waals surface area contributed by atoms with Crippen LogP contribution in [-0.2, 0) is 11.3 Å². The first-order chi connectivity index (χ1) is 9.20. The second kappa shape index (κ2) is 6.63. The highest BCUT2D eigenvalue weighted by Crippen LogP contribution is 2.13. The molecule has 2 heterocycles. The Hall–Kier alpha value is -1.46. The van der Waals surface area contributed by atoms with Crippen molar-refractivity contribution in [1.82, 2.24) is 15.2 Å². The molecule has 0 aromatic carbocycles. The molecule has 0 aliphatic carbocycles. The normalized spacial score (nSPS) is 24.3. The number of amides is 1. The monoisotopic (exact) mass is 263 g/mol. The number of pyridine rings is 1. The van der Waals surface area contributed by atoms with E-state index in [-0.39, 0.29) is 18.6 Å². The molecule has 5 heteroatoms. The number of aromatic nitrogens is 1. The summed E-state index contributed by atoms with van der Waals surface area (Å²) in [7, 11) is 0. The van der Waals surface area contributed by atoms with Gasteiger partial charge in [0.25, 0.3) is 0 Å². The molecule has 1 saturated heterocycles. The lowest BCUT2D eigenvalue weighted by Crippen LogP contribution is -2.43. The third-order valence-corrected chi connectivity index (χ3v) is 3.37. The smallest absolute Gasteiger partial charge is 0.240 e. The topological polar surface area (TPSA) is 65.5 Å². The lowest BCUT2D eigenvalue weighted by atomic mass is 10.1. The Labute approximate surface area is 113 Å². The number of nitrogens with zero attached hydrogens (tertiary/aromatic N) is 2. The fourth-order valence-corrected chi connectivity index (χ4v) is 2.39. The Kier molecular flexibility index (Phi) is 4.87. The van der Waals surface area contributed by atoms with Crippen LogP contribution in [0.1, 0.15) is 18.9 Å². The molecule has 1 aromatic heterocycles. The van der Waals surface area contributed by atoms with Crippen molar-refractivity contribution < 1.29 is 9.90 Å². The number of hydrogen-bond acceptors (Lipinski definition) is 4. The van der Waals surface area contributed by atoms with Gasteiger partial charge >= 0.3 is 0 Å². The van der Waals surface area contributed by atoms with E-state index in [9.17, 15) is 4.79 Å². The zero-order valence-electron chi connectivity index (χ0n) is 11.2. The van der Waals surface area contributed by atoms with Crippen LogP contribution in [0, 0.1) is 5.92 Å². The molecule has 1 aliphatic heterocycles. The van der Waals surface area contributed by atoms with Crippen LogP contribution in [0.3, 0.4) is 0 Å². The minimum Gasteiger partial charge on any atom is -0.396 e. The van der Waals surface area contributed by atoms with Gasteiger partial charge in [-0.05, 0) is 24.0 Å². The van der Waals surface area contributed by atoms with E-state index in [0.29, 0.717) is 18.9 Å². The summed E-state index contributed by atoms with van der Waals surface area (Å²) in [6.45, 7) is 4.28. The van der Waals surface area contributed by atoms with E-state index in [1.165, 1.54) is 0 Å². The summed E-state index contributed by atoms with van der Waals surface area (Å²) in [4.78, 5) is 18.4. The van der Waals surface area contributed by atoms with Crippen molar-refractivity contribution in [3.05, 3.63) is 30.1 Å². The molecule has 2 N–H and O–H groups in total. The van der Waals surface area contributed by atoms with Gasteiger partial charge < -0.3 is 15.3 Å². The number of nitrogens with one attached hydrogen (secondary N) is 1. The molecule has 104 valence electrons. The second-order valence-electron chi connectivity index (χ2n) is 5.16. The first-order valence-corrected chi connectivity index (χ1v) is 6.72. The summed E-state index contributed by atoms with van der Waals surface area (Å²) in [5.74, 6) is 0.478. The zero-order valence-corrected chi connectivity index (χ0v) is 11.2. The molecule has 1 fully saturated rings. The molecule has 19 heavy (non-hydrogen) atoms. The molecule has 5 nitrogen and oxygen atoms in total. The average molecular weight is 263 g/mol. The van der Waals surface area contributed by atoms with Crippen LogP contribution in [0.2, 0.25) is 0 Å². The van der Waals surface area contributed by atoms with Gasteiger partial charge in [0, 0.05) is 38.6 Å². The van der Waals surface area contributed by atoms with Gasteiger partial charge in [-0.2, -0.15) is 0 Å². The fraction of sp³-hybridized carbons (Fsp3) is 0.571. The maximum Gasteiger partial charge on any atom is 0.240 e. The molecule has 2 unspecified atom stereocenters. The van der Waals surface area contributed by atoms with E-state index < -0.39 is 0 Å². The summed E-state index contributed by atoms with van der Waals surface area (Å²) in [6, 6.07) is 3.58. The quantitative estimate of drug-likeness (QED) is 0.825. The van der Waals surface area contributed by atoms with E-state index >= 15 is 0 Å². The van der Waals surface area contributed by atoms with Crippen LogP contribution in [0.25, 0.3) is 0 Å². The first-order valence-electron chi connectivity index (χ1n) is 6.72. The zero-order chi connectivity index (χ0) is 13.7. The van der Waals surface area contributed by atoms with Crippen LogP contribution in [-0.4, -0.2) is 46.6 Å². The molecule has 0 radical (unpaired) electrons. The van der Waals surface area contributed by atoms with Crippen molar-refractivity contribution in [2.75, 3.05) is 19.7 Å². The molecule has 0 spiro atoms. The highest BCUT2D eigenvalue weighted by atomic mass is 16.3.